The average molecular weight is 232 g/mol. The van der Waals surface area contributed by atoms with Crippen LogP contribution in [0.15, 0.2) is 12.7 Å². The molecule has 7 heteroatoms. The van der Waals surface area contributed by atoms with Crippen molar-refractivity contribution in [3.8, 4) is 0 Å². The van der Waals surface area contributed by atoms with E-state index in [0.717, 1.165) is 19.3 Å². The van der Waals surface area contributed by atoms with Crippen LogP contribution in [-0.4, -0.2) is 25.8 Å². The molecule has 1 fully saturated rings. The highest BCUT2D eigenvalue weighted by Gasteiger charge is 2.25. The first-order valence-electron chi connectivity index (χ1n) is 5.54. The highest BCUT2D eigenvalue weighted by Crippen LogP contribution is 2.26. The summed E-state index contributed by atoms with van der Waals surface area (Å²) in [7, 11) is 0. The van der Waals surface area contributed by atoms with Gasteiger partial charge in [-0.25, -0.2) is 15.0 Å². The molecule has 7 nitrogen and oxygen atoms in total. The first-order chi connectivity index (χ1) is 8.34. The van der Waals surface area contributed by atoms with Gasteiger partial charge in [-0.05, 0) is 12.8 Å². The molecular formula is C10H12N6O. The molecule has 2 heterocycles. The van der Waals surface area contributed by atoms with Gasteiger partial charge in [-0.2, -0.15) is 0 Å². The number of hydrogen-bond donors (Lipinski definition) is 3. The highest BCUT2D eigenvalue weighted by atomic mass is 16.2. The number of nitrogens with one attached hydrogen (secondary N) is 3. The van der Waals surface area contributed by atoms with Crippen molar-refractivity contribution in [1.29, 1.82) is 0 Å². The molecule has 0 aromatic carbocycles. The number of H-pyrrole nitrogens is 1. The van der Waals surface area contributed by atoms with Gasteiger partial charge in [0.2, 0.25) is 5.91 Å². The van der Waals surface area contributed by atoms with Crippen LogP contribution >= 0.6 is 0 Å². The summed E-state index contributed by atoms with van der Waals surface area (Å²) in [5.74, 6) is 0.685. The molecule has 1 aliphatic rings. The summed E-state index contributed by atoms with van der Waals surface area (Å²) in [5, 5.41) is 0. The average Bonchev–Trinajstić information content (AvgIpc) is 2.72. The zero-order valence-corrected chi connectivity index (χ0v) is 9.10. The van der Waals surface area contributed by atoms with Gasteiger partial charge in [-0.15, -0.1) is 0 Å². The van der Waals surface area contributed by atoms with Gasteiger partial charge in [0, 0.05) is 5.92 Å². The van der Waals surface area contributed by atoms with Gasteiger partial charge in [0.25, 0.3) is 0 Å². The van der Waals surface area contributed by atoms with E-state index in [2.05, 4.69) is 30.8 Å². The van der Waals surface area contributed by atoms with Crippen molar-refractivity contribution in [2.75, 3.05) is 5.43 Å². The van der Waals surface area contributed by atoms with Gasteiger partial charge in [-0.3, -0.25) is 15.6 Å². The fourth-order valence-electron chi connectivity index (χ4n) is 1.75. The zero-order valence-electron chi connectivity index (χ0n) is 9.10. The Kier molecular flexibility index (Phi) is 2.36. The number of carbonyl (C=O) groups excluding carboxylic acids is 1. The summed E-state index contributed by atoms with van der Waals surface area (Å²) >= 11 is 0. The van der Waals surface area contributed by atoms with Crippen LogP contribution in [0.3, 0.4) is 0 Å². The van der Waals surface area contributed by atoms with Gasteiger partial charge in [0.15, 0.2) is 11.5 Å². The number of carbonyl (C=O) groups is 1. The number of imidazole rings is 1. The first-order valence-corrected chi connectivity index (χ1v) is 5.54. The Morgan fingerprint density at radius 2 is 2.24 bits per heavy atom. The van der Waals surface area contributed by atoms with Gasteiger partial charge in [0.1, 0.15) is 11.8 Å². The van der Waals surface area contributed by atoms with Gasteiger partial charge >= 0.3 is 0 Å². The molecule has 1 saturated carbocycles. The van der Waals surface area contributed by atoms with E-state index in [9.17, 15) is 4.79 Å². The second-order valence-electron chi connectivity index (χ2n) is 4.07. The fraction of sp³-hybridized carbons (Fsp3) is 0.400. The van der Waals surface area contributed by atoms with Crippen molar-refractivity contribution in [2.24, 2.45) is 5.92 Å². The third kappa shape index (κ3) is 1.79. The Labute approximate surface area is 97.0 Å². The van der Waals surface area contributed by atoms with E-state index >= 15 is 0 Å². The maximum absolute atomic E-state index is 11.6. The summed E-state index contributed by atoms with van der Waals surface area (Å²) in [6.45, 7) is 0. The Bertz CT molecular complexity index is 546. The van der Waals surface area contributed by atoms with Crippen molar-refractivity contribution in [3.05, 3.63) is 12.7 Å². The molecule has 0 atom stereocenters. The molecular weight excluding hydrogens is 220 g/mol. The predicted octanol–water partition coefficient (Wildman–Crippen LogP) is 0.596. The Morgan fingerprint density at radius 3 is 3.00 bits per heavy atom. The molecule has 0 radical (unpaired) electrons. The highest BCUT2D eigenvalue weighted by molar-refractivity contribution is 5.85. The minimum atomic E-state index is 0.0162. The number of hydrazine groups is 1. The van der Waals surface area contributed by atoms with E-state index in [0.29, 0.717) is 17.0 Å². The summed E-state index contributed by atoms with van der Waals surface area (Å²) < 4.78 is 0. The third-order valence-corrected chi connectivity index (χ3v) is 3.00. The zero-order chi connectivity index (χ0) is 11.7. The monoisotopic (exact) mass is 232 g/mol. The summed E-state index contributed by atoms with van der Waals surface area (Å²) in [4.78, 5) is 26.6. The van der Waals surface area contributed by atoms with Crippen LogP contribution in [0.2, 0.25) is 0 Å². The van der Waals surface area contributed by atoms with Crippen molar-refractivity contribution in [3.63, 3.8) is 0 Å². The number of hydrogen-bond acceptors (Lipinski definition) is 5. The molecule has 0 bridgehead atoms. The molecule has 0 saturated heterocycles. The van der Waals surface area contributed by atoms with E-state index < -0.39 is 0 Å². The Hall–Kier alpha value is -2.18. The van der Waals surface area contributed by atoms with E-state index in [1.807, 2.05) is 0 Å². The quantitative estimate of drug-likeness (QED) is 0.673. The second kappa shape index (κ2) is 4.00. The standard InChI is InChI=1S/C10H12N6O/c17-10(6-2-1-3-6)16-15-9-7-8(12-4-11-7)13-5-14-9/h4-6H,1-3H2,(H,16,17)(H2,11,12,13,14,15). The van der Waals surface area contributed by atoms with Gasteiger partial charge < -0.3 is 4.98 Å². The number of aromatic nitrogens is 4. The topological polar surface area (TPSA) is 95.6 Å². The van der Waals surface area contributed by atoms with Crippen molar-refractivity contribution >= 4 is 22.9 Å². The lowest BCUT2D eigenvalue weighted by Gasteiger charge is -2.24. The van der Waals surface area contributed by atoms with Crippen molar-refractivity contribution in [2.45, 2.75) is 19.3 Å². The van der Waals surface area contributed by atoms with Crippen LogP contribution < -0.4 is 10.9 Å². The van der Waals surface area contributed by atoms with Crippen LogP contribution in [0.1, 0.15) is 19.3 Å². The number of aromatic amines is 1. The van der Waals surface area contributed by atoms with Crippen molar-refractivity contribution in [1.82, 2.24) is 25.4 Å². The number of anilines is 1. The third-order valence-electron chi connectivity index (χ3n) is 3.00. The maximum atomic E-state index is 11.6. The fourth-order valence-corrected chi connectivity index (χ4v) is 1.75. The second-order valence-corrected chi connectivity index (χ2v) is 4.07. The molecule has 3 N–H and O–H groups in total. The lowest BCUT2D eigenvalue weighted by Crippen LogP contribution is -2.38. The Morgan fingerprint density at radius 1 is 1.35 bits per heavy atom. The normalized spacial score (nSPS) is 15.5. The SMILES string of the molecule is O=C(NNc1ncnc2nc[nH]c12)C1CCC1. The molecule has 2 aromatic rings. The molecule has 2 aromatic heterocycles. The molecule has 0 unspecified atom stereocenters. The van der Waals surface area contributed by atoms with E-state index in [-0.39, 0.29) is 11.8 Å². The summed E-state index contributed by atoms with van der Waals surface area (Å²) in [6.07, 6.45) is 6.02. The molecule has 3 rings (SSSR count). The van der Waals surface area contributed by atoms with E-state index in [4.69, 9.17) is 0 Å². The van der Waals surface area contributed by atoms with Crippen LogP contribution in [0.25, 0.3) is 11.2 Å². The molecule has 0 aliphatic heterocycles. The van der Waals surface area contributed by atoms with E-state index in [1.165, 1.54) is 12.7 Å². The van der Waals surface area contributed by atoms with Crippen LogP contribution in [0, 0.1) is 5.92 Å². The maximum Gasteiger partial charge on any atom is 0.241 e. The first kappa shape index (κ1) is 10.0. The van der Waals surface area contributed by atoms with Crippen LogP contribution in [0.4, 0.5) is 5.82 Å². The van der Waals surface area contributed by atoms with E-state index in [1.54, 1.807) is 0 Å². The number of fused-ring (bicyclic) bond motifs is 1. The molecule has 17 heavy (non-hydrogen) atoms. The van der Waals surface area contributed by atoms with Gasteiger partial charge in [0.05, 0.1) is 6.33 Å². The number of nitrogens with zero attached hydrogens (tertiary/aromatic N) is 3. The minimum Gasteiger partial charge on any atom is -0.340 e. The molecule has 88 valence electrons. The minimum absolute atomic E-state index is 0.0162. The lowest BCUT2D eigenvalue weighted by molar-refractivity contribution is -0.126. The Balaban J connectivity index is 1.71. The smallest absolute Gasteiger partial charge is 0.241 e. The number of amides is 1. The molecule has 0 spiro atoms. The summed E-state index contributed by atoms with van der Waals surface area (Å²) in [6, 6.07) is 0. The number of rotatable bonds is 3. The lowest BCUT2D eigenvalue weighted by atomic mass is 9.85. The van der Waals surface area contributed by atoms with Gasteiger partial charge in [-0.1, -0.05) is 6.42 Å². The van der Waals surface area contributed by atoms with Crippen molar-refractivity contribution < 1.29 is 4.79 Å². The largest absolute Gasteiger partial charge is 0.340 e. The summed E-state index contributed by atoms with van der Waals surface area (Å²) in [5.41, 5.74) is 6.71. The molecule has 1 amide bonds. The predicted molar refractivity (Wildman–Crippen MR) is 60.8 cm³/mol. The van der Waals surface area contributed by atoms with Crippen LogP contribution in [-0.2, 0) is 4.79 Å². The van der Waals surface area contributed by atoms with Crippen LogP contribution in [0.5, 0.6) is 0 Å². The molecule has 1 aliphatic carbocycles.